The van der Waals surface area contributed by atoms with Crippen molar-refractivity contribution < 1.29 is 80.2 Å². The van der Waals surface area contributed by atoms with Gasteiger partial charge in [-0.25, -0.2) is 9.13 Å². The third-order valence-corrected chi connectivity index (χ3v) is 20.6. The van der Waals surface area contributed by atoms with Gasteiger partial charge in [0, 0.05) is 25.7 Å². The van der Waals surface area contributed by atoms with Crippen LogP contribution in [0.4, 0.5) is 0 Å². The number of esters is 4. The molecule has 0 amide bonds. The predicted molar refractivity (Wildman–Crippen MR) is 405 cm³/mol. The van der Waals surface area contributed by atoms with E-state index in [1.807, 2.05) is 0 Å². The molecule has 0 aromatic carbocycles. The van der Waals surface area contributed by atoms with Crippen molar-refractivity contribution in [3.05, 3.63) is 0 Å². The average Bonchev–Trinajstić information content (AvgIpc) is 0.967. The molecule has 17 nitrogen and oxygen atoms in total. The van der Waals surface area contributed by atoms with Crippen molar-refractivity contribution in [1.29, 1.82) is 0 Å². The molecule has 0 aliphatic heterocycles. The third kappa shape index (κ3) is 74.1. The van der Waals surface area contributed by atoms with Crippen LogP contribution in [0.3, 0.4) is 0 Å². The number of carbonyl (C=O) groups is 4. The maximum Gasteiger partial charge on any atom is 0.472 e. The molecule has 588 valence electrons. The van der Waals surface area contributed by atoms with Gasteiger partial charge in [-0.3, -0.25) is 37.3 Å². The second kappa shape index (κ2) is 71.7. The van der Waals surface area contributed by atoms with Gasteiger partial charge in [-0.05, 0) is 37.5 Å². The predicted octanol–water partition coefficient (Wildman–Crippen LogP) is 23.9. The molecule has 0 saturated heterocycles. The summed E-state index contributed by atoms with van der Waals surface area (Å²) in [6.45, 7) is 9.62. The normalized spacial score (nSPS) is 13.9. The molecule has 0 saturated carbocycles. The van der Waals surface area contributed by atoms with Gasteiger partial charge in [0.2, 0.25) is 0 Å². The Morgan fingerprint density at radius 1 is 0.273 bits per heavy atom. The molecule has 5 atom stereocenters. The Morgan fingerprint density at radius 3 is 0.687 bits per heavy atom. The molecule has 0 rings (SSSR count). The number of carbonyl (C=O) groups excluding carboxylic acids is 4. The molecular formula is C80H156O17P2. The Kier molecular flexibility index (Phi) is 70.3. The maximum atomic E-state index is 13.1. The van der Waals surface area contributed by atoms with Gasteiger partial charge < -0.3 is 33.8 Å². The topological polar surface area (TPSA) is 237 Å². The van der Waals surface area contributed by atoms with Crippen LogP contribution in [0.2, 0.25) is 0 Å². The number of unbranched alkanes of at least 4 members (excludes halogenated alkanes) is 49. The molecule has 2 unspecified atom stereocenters. The number of aliphatic hydroxyl groups excluding tert-OH is 1. The first-order valence-corrected chi connectivity index (χ1v) is 44.5. The summed E-state index contributed by atoms with van der Waals surface area (Å²) in [5, 5.41) is 10.6. The Balaban J connectivity index is 5.25. The summed E-state index contributed by atoms with van der Waals surface area (Å²) in [5.41, 5.74) is 0. The van der Waals surface area contributed by atoms with Crippen molar-refractivity contribution in [3.8, 4) is 0 Å². The van der Waals surface area contributed by atoms with Gasteiger partial charge in [0.1, 0.15) is 19.3 Å². The van der Waals surface area contributed by atoms with E-state index in [9.17, 15) is 43.2 Å². The Morgan fingerprint density at radius 2 is 0.465 bits per heavy atom. The van der Waals surface area contributed by atoms with Crippen LogP contribution in [0.15, 0.2) is 0 Å². The summed E-state index contributed by atoms with van der Waals surface area (Å²) >= 11 is 0. The quantitative estimate of drug-likeness (QED) is 0.0222. The van der Waals surface area contributed by atoms with Crippen LogP contribution in [0.5, 0.6) is 0 Å². The SMILES string of the molecule is CCCCCCCCCCCCCCCCCCCCC(=O)O[C@H](COC(=O)CCCCCCCCCCCCCCCCC(C)C)COP(=O)(O)OC[C@@H](O)COP(=O)(O)OC[C@@H](COC(=O)CCCCCCCCCCC(C)C)OC(=O)CCCCCCCCCCCCCCC. The molecule has 0 spiro atoms. The molecule has 0 aromatic heterocycles. The van der Waals surface area contributed by atoms with Crippen LogP contribution in [-0.2, 0) is 65.4 Å². The largest absolute Gasteiger partial charge is 0.472 e. The zero-order valence-corrected chi connectivity index (χ0v) is 66.6. The van der Waals surface area contributed by atoms with E-state index in [2.05, 4.69) is 41.5 Å². The third-order valence-electron chi connectivity index (χ3n) is 18.7. The van der Waals surface area contributed by atoms with Crippen molar-refractivity contribution >= 4 is 39.5 Å². The molecule has 0 aliphatic carbocycles. The number of aliphatic hydroxyl groups is 1. The van der Waals surface area contributed by atoms with Gasteiger partial charge in [0.15, 0.2) is 12.2 Å². The second-order valence-electron chi connectivity index (χ2n) is 29.8. The number of hydrogen-bond donors (Lipinski definition) is 3. The zero-order valence-electron chi connectivity index (χ0n) is 64.8. The van der Waals surface area contributed by atoms with Crippen LogP contribution in [0.1, 0.15) is 420 Å². The average molecular weight is 1450 g/mol. The lowest BCUT2D eigenvalue weighted by molar-refractivity contribution is -0.161. The molecule has 3 N–H and O–H groups in total. The Bertz CT molecular complexity index is 1910. The summed E-state index contributed by atoms with van der Waals surface area (Å²) < 4.78 is 68.7. The zero-order chi connectivity index (χ0) is 72.8. The molecule has 0 aromatic rings. The molecule has 19 heteroatoms. The number of hydrogen-bond acceptors (Lipinski definition) is 15. The summed E-state index contributed by atoms with van der Waals surface area (Å²) in [4.78, 5) is 73.0. The lowest BCUT2D eigenvalue weighted by Gasteiger charge is -2.21. The van der Waals surface area contributed by atoms with E-state index in [4.69, 9.17) is 37.0 Å². The van der Waals surface area contributed by atoms with E-state index in [1.54, 1.807) is 0 Å². The van der Waals surface area contributed by atoms with E-state index >= 15 is 0 Å². The highest BCUT2D eigenvalue weighted by Gasteiger charge is 2.30. The van der Waals surface area contributed by atoms with Crippen molar-refractivity contribution in [1.82, 2.24) is 0 Å². The highest BCUT2D eigenvalue weighted by atomic mass is 31.2. The summed E-state index contributed by atoms with van der Waals surface area (Å²) in [6.07, 6.45) is 61.0. The first-order chi connectivity index (χ1) is 47.9. The lowest BCUT2D eigenvalue weighted by atomic mass is 10.0. The first-order valence-electron chi connectivity index (χ1n) is 41.5. The van der Waals surface area contributed by atoms with E-state index < -0.39 is 97.5 Å². The Hall–Kier alpha value is -1.94. The molecule has 0 heterocycles. The van der Waals surface area contributed by atoms with Gasteiger partial charge in [0.25, 0.3) is 0 Å². The highest BCUT2D eigenvalue weighted by molar-refractivity contribution is 7.47. The van der Waals surface area contributed by atoms with Crippen molar-refractivity contribution in [2.45, 2.75) is 439 Å². The number of ether oxygens (including phenoxy) is 4. The van der Waals surface area contributed by atoms with Gasteiger partial charge in [-0.1, -0.05) is 369 Å². The number of phosphoric acid groups is 2. The second-order valence-corrected chi connectivity index (χ2v) is 32.7. The fourth-order valence-corrected chi connectivity index (χ4v) is 13.9. The molecule has 0 aliphatic rings. The smallest absolute Gasteiger partial charge is 0.462 e. The monoisotopic (exact) mass is 1450 g/mol. The first kappa shape index (κ1) is 97.1. The van der Waals surface area contributed by atoms with Gasteiger partial charge in [0.05, 0.1) is 26.4 Å². The van der Waals surface area contributed by atoms with Crippen LogP contribution in [-0.4, -0.2) is 96.7 Å². The molecular weight excluding hydrogens is 1290 g/mol. The Labute approximate surface area is 607 Å². The van der Waals surface area contributed by atoms with Crippen molar-refractivity contribution in [2.75, 3.05) is 39.6 Å². The van der Waals surface area contributed by atoms with E-state index in [-0.39, 0.29) is 25.7 Å². The summed E-state index contributed by atoms with van der Waals surface area (Å²) in [7, 11) is -9.92. The minimum atomic E-state index is -4.96. The molecule has 99 heavy (non-hydrogen) atoms. The van der Waals surface area contributed by atoms with Crippen molar-refractivity contribution in [2.24, 2.45) is 11.8 Å². The van der Waals surface area contributed by atoms with E-state index in [0.29, 0.717) is 25.7 Å². The van der Waals surface area contributed by atoms with Gasteiger partial charge in [-0.2, -0.15) is 0 Å². The molecule has 0 bridgehead atoms. The minimum absolute atomic E-state index is 0.107. The summed E-state index contributed by atoms with van der Waals surface area (Å²) in [6, 6.07) is 0. The van der Waals surface area contributed by atoms with E-state index in [1.165, 1.54) is 238 Å². The molecule has 0 fully saturated rings. The minimum Gasteiger partial charge on any atom is -0.462 e. The van der Waals surface area contributed by atoms with Crippen LogP contribution in [0.25, 0.3) is 0 Å². The lowest BCUT2D eigenvalue weighted by Crippen LogP contribution is -2.30. The summed E-state index contributed by atoms with van der Waals surface area (Å²) in [5.74, 6) is -0.583. The van der Waals surface area contributed by atoms with Crippen LogP contribution < -0.4 is 0 Å². The number of phosphoric ester groups is 2. The van der Waals surface area contributed by atoms with Crippen LogP contribution >= 0.6 is 15.6 Å². The maximum absolute atomic E-state index is 13.1. The standard InChI is InChI=1S/C80H156O17P2/c1-7-9-11-13-15-17-19-21-22-23-24-25-31-35-39-47-53-59-65-80(85)96-75(68-90-77(82)62-56-50-44-37-33-30-27-26-29-32-36-42-48-54-60-72(3)4)70-94-98(86,87)92-66-74(81)67-93-99(88,89)95-71-76(69-91-78(83)63-57-51-45-41-40-43-49-55-61-73(5)6)97-79(84)64-58-52-46-38-34-28-20-18-16-14-12-10-8-2/h72-76,81H,7-71H2,1-6H3,(H,86,87)(H,88,89)/t74-,75-,76-/m1/s1. The fraction of sp³-hybridized carbons (Fsp3) is 0.950. The van der Waals surface area contributed by atoms with Gasteiger partial charge in [-0.15, -0.1) is 0 Å². The number of rotatable bonds is 79. The fourth-order valence-electron chi connectivity index (χ4n) is 12.4. The highest BCUT2D eigenvalue weighted by Crippen LogP contribution is 2.45. The molecule has 0 radical (unpaired) electrons. The van der Waals surface area contributed by atoms with Crippen LogP contribution in [0, 0.1) is 11.8 Å². The van der Waals surface area contributed by atoms with E-state index in [0.717, 1.165) is 102 Å². The van der Waals surface area contributed by atoms with Gasteiger partial charge >= 0.3 is 39.5 Å². The van der Waals surface area contributed by atoms with Crippen molar-refractivity contribution in [3.63, 3.8) is 0 Å².